The maximum Gasteiger partial charge on any atom is 0.317 e. The van der Waals surface area contributed by atoms with E-state index >= 15 is 0 Å². The Morgan fingerprint density at radius 1 is 1.44 bits per heavy atom. The average molecular weight is 232 g/mol. The SMILES string of the molecule is CCN(CCO)C(=O)NCCC(C)C(=O)O. The molecule has 0 rings (SSSR count). The third-order valence-electron chi connectivity index (χ3n) is 2.31. The standard InChI is InChI=1S/C10H20N2O4/c1-3-12(6-7-13)10(16)11-5-4-8(2)9(14)15/h8,13H,3-7H2,1-2H3,(H,11,16)(H,14,15). The van der Waals surface area contributed by atoms with Crippen molar-refractivity contribution in [1.82, 2.24) is 10.2 Å². The van der Waals surface area contributed by atoms with Gasteiger partial charge in [-0.1, -0.05) is 6.92 Å². The zero-order chi connectivity index (χ0) is 12.6. The molecule has 1 atom stereocenters. The molecule has 0 saturated carbocycles. The molecule has 0 aromatic carbocycles. The van der Waals surface area contributed by atoms with Gasteiger partial charge in [-0.05, 0) is 13.3 Å². The number of likely N-dealkylation sites (N-methyl/N-ethyl adjacent to an activating group) is 1. The molecule has 2 amide bonds. The third-order valence-corrected chi connectivity index (χ3v) is 2.31. The van der Waals surface area contributed by atoms with Crippen LogP contribution in [0.25, 0.3) is 0 Å². The van der Waals surface area contributed by atoms with Crippen molar-refractivity contribution in [3.63, 3.8) is 0 Å². The van der Waals surface area contributed by atoms with E-state index < -0.39 is 11.9 Å². The predicted octanol–water partition coefficient (Wildman–Crippen LogP) is 0.121. The number of nitrogens with zero attached hydrogens (tertiary/aromatic N) is 1. The summed E-state index contributed by atoms with van der Waals surface area (Å²) in [6.07, 6.45) is 0.401. The number of carboxylic acid groups (broad SMARTS) is 1. The van der Waals surface area contributed by atoms with Gasteiger partial charge >= 0.3 is 12.0 Å². The fraction of sp³-hybridized carbons (Fsp3) is 0.800. The number of urea groups is 1. The molecule has 6 nitrogen and oxygen atoms in total. The highest BCUT2D eigenvalue weighted by molar-refractivity contribution is 5.74. The minimum atomic E-state index is -0.864. The van der Waals surface area contributed by atoms with E-state index in [0.29, 0.717) is 19.5 Å². The quantitative estimate of drug-likeness (QED) is 0.581. The first-order valence-corrected chi connectivity index (χ1v) is 5.39. The highest BCUT2D eigenvalue weighted by Crippen LogP contribution is 2.00. The van der Waals surface area contributed by atoms with E-state index in [2.05, 4.69) is 5.32 Å². The normalized spacial score (nSPS) is 11.9. The molecule has 6 heteroatoms. The topological polar surface area (TPSA) is 89.9 Å². The number of aliphatic carboxylic acids is 1. The van der Waals surface area contributed by atoms with E-state index in [1.807, 2.05) is 6.92 Å². The van der Waals surface area contributed by atoms with E-state index in [0.717, 1.165) is 0 Å². The zero-order valence-electron chi connectivity index (χ0n) is 9.77. The van der Waals surface area contributed by atoms with Crippen LogP contribution in [-0.4, -0.2) is 53.4 Å². The molecule has 16 heavy (non-hydrogen) atoms. The van der Waals surface area contributed by atoms with E-state index in [9.17, 15) is 9.59 Å². The second-order valence-electron chi connectivity index (χ2n) is 3.56. The summed E-state index contributed by atoms with van der Waals surface area (Å²) in [6, 6.07) is -0.269. The minimum Gasteiger partial charge on any atom is -0.481 e. The van der Waals surface area contributed by atoms with Gasteiger partial charge in [-0.2, -0.15) is 0 Å². The summed E-state index contributed by atoms with van der Waals surface area (Å²) in [5.41, 5.74) is 0. The fourth-order valence-electron chi connectivity index (χ4n) is 1.15. The van der Waals surface area contributed by atoms with Gasteiger partial charge < -0.3 is 20.4 Å². The summed E-state index contributed by atoms with van der Waals surface area (Å²) in [5, 5.41) is 20.0. The Morgan fingerprint density at radius 2 is 2.06 bits per heavy atom. The van der Waals surface area contributed by atoms with Crippen LogP contribution in [0.2, 0.25) is 0 Å². The Hall–Kier alpha value is -1.30. The van der Waals surface area contributed by atoms with Gasteiger partial charge in [0.25, 0.3) is 0 Å². The maximum atomic E-state index is 11.5. The van der Waals surface area contributed by atoms with Gasteiger partial charge in [-0.25, -0.2) is 4.79 Å². The van der Waals surface area contributed by atoms with Crippen LogP contribution in [0.3, 0.4) is 0 Å². The van der Waals surface area contributed by atoms with Gasteiger partial charge in [0.1, 0.15) is 0 Å². The number of nitrogens with one attached hydrogen (secondary N) is 1. The number of carboxylic acids is 1. The van der Waals surface area contributed by atoms with Crippen molar-refractivity contribution in [3.05, 3.63) is 0 Å². The molecule has 0 aromatic heterocycles. The molecule has 0 aromatic rings. The highest BCUT2D eigenvalue weighted by atomic mass is 16.4. The van der Waals surface area contributed by atoms with E-state index in [-0.39, 0.29) is 19.2 Å². The van der Waals surface area contributed by atoms with E-state index in [1.165, 1.54) is 4.90 Å². The number of hydrogen-bond acceptors (Lipinski definition) is 3. The molecule has 1 unspecified atom stereocenters. The molecule has 0 spiro atoms. The van der Waals surface area contributed by atoms with Gasteiger partial charge in [0, 0.05) is 19.6 Å². The first kappa shape index (κ1) is 14.7. The molecule has 0 radical (unpaired) electrons. The maximum absolute atomic E-state index is 11.5. The van der Waals surface area contributed by atoms with Crippen molar-refractivity contribution in [1.29, 1.82) is 0 Å². The van der Waals surface area contributed by atoms with Crippen molar-refractivity contribution in [2.24, 2.45) is 5.92 Å². The summed E-state index contributed by atoms with van der Waals surface area (Å²) < 4.78 is 0. The Kier molecular flexibility index (Phi) is 7.28. The molecule has 94 valence electrons. The molecule has 0 aliphatic heterocycles. The Morgan fingerprint density at radius 3 is 2.50 bits per heavy atom. The number of aliphatic hydroxyl groups excluding tert-OH is 1. The Labute approximate surface area is 95.2 Å². The zero-order valence-corrected chi connectivity index (χ0v) is 9.77. The number of carbonyl (C=O) groups excluding carboxylic acids is 1. The van der Waals surface area contributed by atoms with Gasteiger partial charge in [0.15, 0.2) is 0 Å². The highest BCUT2D eigenvalue weighted by Gasteiger charge is 2.13. The van der Waals surface area contributed by atoms with E-state index in [1.54, 1.807) is 6.92 Å². The molecule has 0 aliphatic rings. The second kappa shape index (κ2) is 7.92. The van der Waals surface area contributed by atoms with Gasteiger partial charge in [0.05, 0.1) is 12.5 Å². The lowest BCUT2D eigenvalue weighted by Crippen LogP contribution is -2.42. The lowest BCUT2D eigenvalue weighted by molar-refractivity contribution is -0.141. The Balaban J connectivity index is 3.83. The molecule has 0 aliphatic carbocycles. The van der Waals surface area contributed by atoms with Crippen molar-refractivity contribution in [2.45, 2.75) is 20.3 Å². The number of hydrogen-bond donors (Lipinski definition) is 3. The fourth-order valence-corrected chi connectivity index (χ4v) is 1.15. The molecule has 0 fully saturated rings. The number of aliphatic hydroxyl groups is 1. The predicted molar refractivity (Wildman–Crippen MR) is 59.1 cm³/mol. The number of rotatable bonds is 7. The van der Waals surface area contributed by atoms with Gasteiger partial charge in [-0.3, -0.25) is 4.79 Å². The summed E-state index contributed by atoms with van der Waals surface area (Å²) in [4.78, 5) is 23.4. The summed E-state index contributed by atoms with van der Waals surface area (Å²) in [6.45, 7) is 4.47. The minimum absolute atomic E-state index is 0.0766. The largest absolute Gasteiger partial charge is 0.481 e. The molecule has 3 N–H and O–H groups in total. The van der Waals surface area contributed by atoms with Crippen molar-refractivity contribution in [2.75, 3.05) is 26.2 Å². The van der Waals surface area contributed by atoms with Crippen LogP contribution < -0.4 is 5.32 Å². The van der Waals surface area contributed by atoms with Crippen LogP contribution in [0.15, 0.2) is 0 Å². The molecule has 0 heterocycles. The Bertz CT molecular complexity index is 233. The van der Waals surface area contributed by atoms with E-state index in [4.69, 9.17) is 10.2 Å². The smallest absolute Gasteiger partial charge is 0.317 e. The first-order valence-electron chi connectivity index (χ1n) is 5.39. The molecular formula is C10H20N2O4. The summed E-state index contributed by atoms with van der Waals surface area (Å²) >= 11 is 0. The third kappa shape index (κ3) is 5.55. The van der Waals surface area contributed by atoms with Crippen LogP contribution in [-0.2, 0) is 4.79 Å². The summed E-state index contributed by atoms with van der Waals surface area (Å²) in [7, 11) is 0. The van der Waals surface area contributed by atoms with Crippen molar-refractivity contribution < 1.29 is 19.8 Å². The van der Waals surface area contributed by atoms with Crippen LogP contribution in [0.4, 0.5) is 4.79 Å². The average Bonchev–Trinajstić information content (AvgIpc) is 2.25. The molecular weight excluding hydrogens is 212 g/mol. The number of amides is 2. The van der Waals surface area contributed by atoms with Crippen LogP contribution in [0, 0.1) is 5.92 Å². The van der Waals surface area contributed by atoms with Crippen LogP contribution >= 0.6 is 0 Å². The van der Waals surface area contributed by atoms with Crippen molar-refractivity contribution >= 4 is 12.0 Å². The van der Waals surface area contributed by atoms with Gasteiger partial charge in [-0.15, -0.1) is 0 Å². The van der Waals surface area contributed by atoms with Gasteiger partial charge in [0.2, 0.25) is 0 Å². The lowest BCUT2D eigenvalue weighted by atomic mass is 10.1. The monoisotopic (exact) mass is 232 g/mol. The lowest BCUT2D eigenvalue weighted by Gasteiger charge is -2.20. The number of carbonyl (C=O) groups is 2. The van der Waals surface area contributed by atoms with Crippen LogP contribution in [0.5, 0.6) is 0 Å². The summed E-state index contributed by atoms with van der Waals surface area (Å²) in [5.74, 6) is -1.33. The second-order valence-corrected chi connectivity index (χ2v) is 3.56. The first-order chi connectivity index (χ1) is 7.52. The van der Waals surface area contributed by atoms with Crippen molar-refractivity contribution in [3.8, 4) is 0 Å². The molecule has 0 saturated heterocycles. The molecule has 0 bridgehead atoms. The van der Waals surface area contributed by atoms with Crippen LogP contribution in [0.1, 0.15) is 20.3 Å².